The molecular weight excluding hydrogens is 608 g/mol. The van der Waals surface area contributed by atoms with Gasteiger partial charge in [0, 0.05) is 13.0 Å². The smallest absolute Gasteiger partial charge is 0.397 e. The molecule has 0 radical (unpaired) electrons. The molecule has 1 aliphatic heterocycles. The molecule has 1 fully saturated rings. The fourth-order valence-corrected chi connectivity index (χ4v) is 5.53. The van der Waals surface area contributed by atoms with Crippen molar-refractivity contribution >= 4 is 16.4 Å². The number of carbonyl (C=O) groups is 1. The monoisotopic (exact) mass is 668 g/mol. The van der Waals surface area contributed by atoms with Gasteiger partial charge in [0.25, 0.3) is 0 Å². The number of hydrogen-bond donors (Lipinski definition) is 4. The lowest BCUT2D eigenvalue weighted by molar-refractivity contribution is -0.301. The van der Waals surface area contributed by atoms with Gasteiger partial charge in [-0.05, 0) is 32.1 Å². The molecule has 6 unspecified atom stereocenters. The van der Waals surface area contributed by atoms with Crippen LogP contribution in [-0.4, -0.2) is 97.5 Å². The van der Waals surface area contributed by atoms with Crippen LogP contribution in [0, 0.1) is 0 Å². The summed E-state index contributed by atoms with van der Waals surface area (Å²) in [6, 6.07) is 0. The molecule has 1 rings (SSSR count). The second-order valence-corrected chi connectivity index (χ2v) is 12.8. The molecule has 1 aliphatic rings. The summed E-state index contributed by atoms with van der Waals surface area (Å²) in [7, 11) is -5.05. The van der Waals surface area contributed by atoms with Crippen LogP contribution in [0.15, 0.2) is 12.2 Å². The maximum Gasteiger partial charge on any atom is 0.397 e. The Labute approximate surface area is 270 Å². The van der Waals surface area contributed by atoms with Gasteiger partial charge in [0.2, 0.25) is 0 Å². The highest BCUT2D eigenvalue weighted by Crippen LogP contribution is 2.26. The number of aliphatic hydroxyl groups is 3. The molecule has 1 saturated heterocycles. The van der Waals surface area contributed by atoms with Crippen LogP contribution in [0.3, 0.4) is 0 Å². The van der Waals surface area contributed by atoms with Gasteiger partial charge in [-0.2, -0.15) is 8.42 Å². The third-order valence-corrected chi connectivity index (χ3v) is 8.08. The molecular formula is C32H60O12S. The first-order valence-corrected chi connectivity index (χ1v) is 18.3. The maximum atomic E-state index is 12.6. The van der Waals surface area contributed by atoms with Crippen molar-refractivity contribution in [3.05, 3.63) is 12.2 Å². The van der Waals surface area contributed by atoms with Crippen molar-refractivity contribution in [2.24, 2.45) is 0 Å². The van der Waals surface area contributed by atoms with Gasteiger partial charge < -0.3 is 34.3 Å². The summed E-state index contributed by atoms with van der Waals surface area (Å²) < 4.78 is 58.4. The molecule has 0 amide bonds. The lowest BCUT2D eigenvalue weighted by atomic mass is 9.99. The molecule has 6 atom stereocenters. The van der Waals surface area contributed by atoms with Crippen LogP contribution in [0.25, 0.3) is 0 Å². The predicted molar refractivity (Wildman–Crippen MR) is 170 cm³/mol. The van der Waals surface area contributed by atoms with Crippen LogP contribution >= 0.6 is 0 Å². The number of hydrogen-bond acceptors (Lipinski definition) is 11. The molecule has 0 aliphatic carbocycles. The van der Waals surface area contributed by atoms with Crippen molar-refractivity contribution < 1.29 is 56.2 Å². The Morgan fingerprint density at radius 3 is 2.09 bits per heavy atom. The van der Waals surface area contributed by atoms with E-state index in [1.807, 2.05) is 0 Å². The quantitative estimate of drug-likeness (QED) is 0.0389. The molecule has 0 aromatic rings. The van der Waals surface area contributed by atoms with E-state index >= 15 is 0 Å². The highest BCUT2D eigenvalue weighted by atomic mass is 32.3. The first-order valence-electron chi connectivity index (χ1n) is 16.9. The van der Waals surface area contributed by atoms with Gasteiger partial charge in [0.15, 0.2) is 6.29 Å². The Hall–Kier alpha value is -1.16. The average Bonchev–Trinajstić information content (AvgIpc) is 3.00. The van der Waals surface area contributed by atoms with E-state index in [9.17, 15) is 28.5 Å². The number of unbranched alkanes of at least 4 members (excludes halogenated alkanes) is 13. The number of esters is 1. The molecule has 1 heterocycles. The number of aliphatic hydroxyl groups excluding tert-OH is 3. The maximum absolute atomic E-state index is 12.6. The summed E-state index contributed by atoms with van der Waals surface area (Å²) >= 11 is 0. The van der Waals surface area contributed by atoms with Crippen molar-refractivity contribution in [2.75, 3.05) is 26.4 Å². The first-order chi connectivity index (χ1) is 21.6. The Morgan fingerprint density at radius 1 is 0.822 bits per heavy atom. The minimum atomic E-state index is -5.05. The highest BCUT2D eigenvalue weighted by molar-refractivity contribution is 7.80. The van der Waals surface area contributed by atoms with Crippen LogP contribution in [-0.2, 0) is 38.3 Å². The Balaban J connectivity index is 2.57. The zero-order chi connectivity index (χ0) is 33.3. The van der Waals surface area contributed by atoms with E-state index < -0.39 is 59.8 Å². The molecule has 12 nitrogen and oxygen atoms in total. The lowest BCUT2D eigenvalue weighted by Gasteiger charge is -2.41. The number of allylic oxidation sites excluding steroid dienone is 2. The summed E-state index contributed by atoms with van der Waals surface area (Å²) in [5, 5.41) is 30.3. The zero-order valence-corrected chi connectivity index (χ0v) is 28.2. The van der Waals surface area contributed by atoms with Crippen molar-refractivity contribution in [2.45, 2.75) is 160 Å². The largest absolute Gasteiger partial charge is 0.457 e. The number of rotatable bonds is 28. The molecule has 13 heteroatoms. The summed E-state index contributed by atoms with van der Waals surface area (Å²) in [6.45, 7) is 3.83. The van der Waals surface area contributed by atoms with E-state index in [-0.39, 0.29) is 19.6 Å². The van der Waals surface area contributed by atoms with E-state index in [1.165, 1.54) is 44.9 Å². The second-order valence-electron chi connectivity index (χ2n) is 11.8. The summed E-state index contributed by atoms with van der Waals surface area (Å²) in [6.07, 6.45) is 12.9. The van der Waals surface area contributed by atoms with Gasteiger partial charge >= 0.3 is 16.4 Å². The highest BCUT2D eigenvalue weighted by Gasteiger charge is 2.48. The minimum absolute atomic E-state index is 0.0344. The van der Waals surface area contributed by atoms with Crippen molar-refractivity contribution in [3.8, 4) is 0 Å². The van der Waals surface area contributed by atoms with Crippen LogP contribution in [0.2, 0.25) is 0 Å². The number of ether oxygens (including phenoxy) is 4. The fraction of sp³-hybridized carbons (Fsp3) is 0.906. The van der Waals surface area contributed by atoms with Crippen LogP contribution in [0.5, 0.6) is 0 Å². The molecule has 4 N–H and O–H groups in total. The van der Waals surface area contributed by atoms with Gasteiger partial charge in [-0.3, -0.25) is 9.35 Å². The zero-order valence-electron chi connectivity index (χ0n) is 27.4. The van der Waals surface area contributed by atoms with Crippen molar-refractivity contribution in [3.63, 3.8) is 0 Å². The van der Waals surface area contributed by atoms with Crippen LogP contribution in [0.1, 0.15) is 123 Å². The van der Waals surface area contributed by atoms with Gasteiger partial charge in [0.1, 0.15) is 30.5 Å². The van der Waals surface area contributed by atoms with Crippen LogP contribution in [0.4, 0.5) is 0 Å². The third kappa shape index (κ3) is 20.6. The Morgan fingerprint density at radius 2 is 1.44 bits per heavy atom. The molecule has 0 aromatic carbocycles. The molecule has 45 heavy (non-hydrogen) atoms. The first kappa shape index (κ1) is 41.9. The van der Waals surface area contributed by atoms with E-state index in [0.717, 1.165) is 51.4 Å². The van der Waals surface area contributed by atoms with Crippen molar-refractivity contribution in [1.29, 1.82) is 0 Å². The molecule has 0 bridgehead atoms. The third-order valence-electron chi connectivity index (χ3n) is 7.62. The SMILES string of the molecule is CCC/C=C\CCCCCCCCOCC(COC1OC(CO)C(O)C(OS(=O)(=O)O)C1O)OC(=O)CCCCCCCCC. The molecule has 0 aromatic heterocycles. The van der Waals surface area contributed by atoms with E-state index in [1.54, 1.807) is 0 Å². The van der Waals surface area contributed by atoms with E-state index in [2.05, 4.69) is 30.2 Å². The summed E-state index contributed by atoms with van der Waals surface area (Å²) in [5.74, 6) is -0.411. The van der Waals surface area contributed by atoms with Gasteiger partial charge in [-0.1, -0.05) is 96.6 Å². The Bertz CT molecular complexity index is 868. The molecule has 0 saturated carbocycles. The van der Waals surface area contributed by atoms with Gasteiger partial charge in [0.05, 0.1) is 19.8 Å². The molecule has 266 valence electrons. The van der Waals surface area contributed by atoms with Crippen molar-refractivity contribution in [1.82, 2.24) is 0 Å². The Kier molecular flexibility index (Phi) is 24.1. The fourth-order valence-electron chi connectivity index (χ4n) is 5.03. The summed E-state index contributed by atoms with van der Waals surface area (Å²) in [5.41, 5.74) is 0. The second kappa shape index (κ2) is 25.9. The number of carbonyl (C=O) groups excluding carboxylic acids is 1. The van der Waals surface area contributed by atoms with Gasteiger partial charge in [-0.15, -0.1) is 0 Å². The average molecular weight is 669 g/mol. The lowest BCUT2D eigenvalue weighted by Crippen LogP contribution is -2.60. The van der Waals surface area contributed by atoms with Crippen LogP contribution < -0.4 is 0 Å². The normalized spacial score (nSPS) is 23.0. The standard InChI is InChI=1S/C32H60O12S/c1-3-5-7-9-11-12-13-14-16-18-20-22-40-24-26(42-28(34)21-19-17-15-10-8-6-4-2)25-41-32-30(36)31(44-45(37,38)39)29(35)27(23-33)43-32/h7,9,26-27,29-33,35-36H,3-6,8,10-25H2,1-2H3,(H,37,38,39)/b9-7-. The molecule has 0 spiro atoms. The van der Waals surface area contributed by atoms with Gasteiger partial charge in [-0.25, -0.2) is 4.18 Å². The summed E-state index contributed by atoms with van der Waals surface area (Å²) in [4.78, 5) is 12.6. The van der Waals surface area contributed by atoms with E-state index in [4.69, 9.17) is 23.5 Å². The van der Waals surface area contributed by atoms with E-state index in [0.29, 0.717) is 13.0 Å². The predicted octanol–water partition coefficient (Wildman–Crippen LogP) is 4.79. The minimum Gasteiger partial charge on any atom is -0.457 e. The topological polar surface area (TPSA) is 178 Å².